The molecule has 10 aromatic rings. The van der Waals surface area contributed by atoms with E-state index in [9.17, 15) is 0 Å². The summed E-state index contributed by atoms with van der Waals surface area (Å²) in [5.74, 6) is 0. The first kappa shape index (κ1) is 32.7. The van der Waals surface area contributed by atoms with Crippen LogP contribution in [0.3, 0.4) is 0 Å². The van der Waals surface area contributed by atoms with E-state index in [1.165, 1.54) is 97.6 Å². The molecule has 0 saturated carbocycles. The lowest BCUT2D eigenvalue weighted by molar-refractivity contribution is 0.931. The van der Waals surface area contributed by atoms with E-state index in [0.29, 0.717) is 0 Å². The van der Waals surface area contributed by atoms with Crippen LogP contribution in [0.5, 0.6) is 0 Å². The molecule has 0 N–H and O–H groups in total. The highest BCUT2D eigenvalue weighted by Gasteiger charge is 2.24. The number of benzene rings is 8. The molecule has 1 aliphatic rings. The minimum absolute atomic E-state index is 0.928. The molecule has 0 aliphatic heterocycles. The second-order valence-electron chi connectivity index (χ2n) is 14.9. The summed E-state index contributed by atoms with van der Waals surface area (Å²) in [5.41, 5.74) is 13.6. The Labute approximate surface area is 330 Å². The Kier molecular flexibility index (Phi) is 7.75. The number of hydrogen-bond donors (Lipinski definition) is 0. The molecule has 0 fully saturated rings. The van der Waals surface area contributed by atoms with E-state index in [2.05, 4.69) is 204 Å². The lowest BCUT2D eigenvalue weighted by Crippen LogP contribution is -2.18. The van der Waals surface area contributed by atoms with Crippen molar-refractivity contribution in [1.82, 2.24) is 4.57 Å². The van der Waals surface area contributed by atoms with Gasteiger partial charge in [-0.1, -0.05) is 139 Å². The molecule has 0 spiro atoms. The first-order valence-corrected chi connectivity index (χ1v) is 20.3. The Bertz CT molecular complexity index is 3200. The standard InChI is InChI=1S/C53H38N2S/c1-35-12-11-15-39(32-35)38-24-28-41(29-25-38)54(40-26-22-37(23-27-40)36-13-3-2-4-14-36)49-34-50-53(45-18-6-5-16-43(45)49)46-19-7-9-20-48(46)55(50)42-30-31-52-47(33-42)44-17-8-10-21-51(44)56-52/h2-24,26-28,30-34H,25,29H2,1H3. The van der Waals surface area contributed by atoms with Gasteiger partial charge in [0.2, 0.25) is 0 Å². The molecule has 0 unspecified atom stereocenters. The van der Waals surface area contributed by atoms with Gasteiger partial charge in [0.1, 0.15) is 0 Å². The van der Waals surface area contributed by atoms with Gasteiger partial charge < -0.3 is 9.47 Å². The minimum Gasteiger partial charge on any atom is -0.314 e. The van der Waals surface area contributed by atoms with Gasteiger partial charge in [-0.05, 0) is 102 Å². The number of hydrogen-bond acceptors (Lipinski definition) is 2. The van der Waals surface area contributed by atoms with Crippen LogP contribution in [0.4, 0.5) is 11.4 Å². The topological polar surface area (TPSA) is 8.17 Å². The normalized spacial score (nSPS) is 13.2. The van der Waals surface area contributed by atoms with Crippen molar-refractivity contribution in [2.75, 3.05) is 4.90 Å². The monoisotopic (exact) mass is 734 g/mol. The molecule has 11 rings (SSSR count). The molecule has 8 aromatic carbocycles. The average molecular weight is 735 g/mol. The molecular formula is C53H38N2S. The third kappa shape index (κ3) is 5.38. The highest BCUT2D eigenvalue weighted by molar-refractivity contribution is 7.25. The molecule has 0 bridgehead atoms. The predicted octanol–water partition coefficient (Wildman–Crippen LogP) is 15.2. The van der Waals surface area contributed by atoms with Crippen LogP contribution >= 0.6 is 11.3 Å². The number of thiophene rings is 1. The molecule has 266 valence electrons. The van der Waals surface area contributed by atoms with E-state index in [1.54, 1.807) is 0 Å². The van der Waals surface area contributed by atoms with E-state index in [1.807, 2.05) is 11.3 Å². The van der Waals surface area contributed by atoms with Crippen LogP contribution in [0.25, 0.3) is 75.1 Å². The van der Waals surface area contributed by atoms with Crippen LogP contribution in [0.2, 0.25) is 0 Å². The Morgan fingerprint density at radius 1 is 0.482 bits per heavy atom. The molecule has 2 aromatic heterocycles. The van der Waals surface area contributed by atoms with Crippen molar-refractivity contribution in [3.63, 3.8) is 0 Å². The number of para-hydroxylation sites is 1. The number of aryl methyl sites for hydroxylation is 1. The van der Waals surface area contributed by atoms with Crippen molar-refractivity contribution in [1.29, 1.82) is 0 Å². The summed E-state index contributed by atoms with van der Waals surface area (Å²) in [7, 11) is 0. The fourth-order valence-electron chi connectivity index (χ4n) is 8.92. The molecule has 0 amide bonds. The SMILES string of the molecule is Cc1cccc(C2=CC=C(N(c3ccc(-c4ccccc4)cc3)c3cc4c(c5ccccc35)c3ccccc3n4-c3ccc4sc5ccccc5c4c3)CC2)c1. The molecule has 56 heavy (non-hydrogen) atoms. The van der Waals surface area contributed by atoms with Crippen molar-refractivity contribution in [3.8, 4) is 16.8 Å². The third-order valence-corrected chi connectivity index (χ3v) is 12.7. The van der Waals surface area contributed by atoms with Gasteiger partial charge in [-0.3, -0.25) is 0 Å². The number of nitrogens with zero attached hydrogens (tertiary/aromatic N) is 2. The van der Waals surface area contributed by atoms with Crippen LogP contribution < -0.4 is 4.90 Å². The van der Waals surface area contributed by atoms with Crippen LogP contribution in [-0.2, 0) is 0 Å². The molecule has 3 heteroatoms. The van der Waals surface area contributed by atoms with E-state index in [4.69, 9.17) is 0 Å². The van der Waals surface area contributed by atoms with Crippen LogP contribution in [-0.4, -0.2) is 4.57 Å². The van der Waals surface area contributed by atoms with Crippen molar-refractivity contribution in [3.05, 3.63) is 205 Å². The summed E-state index contributed by atoms with van der Waals surface area (Å²) in [6, 6.07) is 64.9. The fraction of sp³-hybridized carbons (Fsp3) is 0.0566. The largest absolute Gasteiger partial charge is 0.314 e. The van der Waals surface area contributed by atoms with Crippen LogP contribution in [0, 0.1) is 6.92 Å². The summed E-state index contributed by atoms with van der Waals surface area (Å²) >= 11 is 1.87. The van der Waals surface area contributed by atoms with Gasteiger partial charge in [0.05, 0.1) is 16.7 Å². The quantitative estimate of drug-likeness (QED) is 0.165. The summed E-state index contributed by atoms with van der Waals surface area (Å²) in [6.45, 7) is 2.18. The summed E-state index contributed by atoms with van der Waals surface area (Å²) < 4.78 is 5.13. The lowest BCUT2D eigenvalue weighted by atomic mass is 9.93. The summed E-state index contributed by atoms with van der Waals surface area (Å²) in [5, 5.41) is 7.67. The lowest BCUT2D eigenvalue weighted by Gasteiger charge is -2.31. The highest BCUT2D eigenvalue weighted by atomic mass is 32.1. The maximum Gasteiger partial charge on any atom is 0.0568 e. The highest BCUT2D eigenvalue weighted by Crippen LogP contribution is 2.46. The van der Waals surface area contributed by atoms with E-state index in [0.717, 1.165) is 18.5 Å². The molecular weight excluding hydrogens is 697 g/mol. The zero-order chi connectivity index (χ0) is 37.2. The van der Waals surface area contributed by atoms with Crippen molar-refractivity contribution < 1.29 is 0 Å². The van der Waals surface area contributed by atoms with Gasteiger partial charge in [-0.2, -0.15) is 0 Å². The second-order valence-corrected chi connectivity index (χ2v) is 16.0. The zero-order valence-corrected chi connectivity index (χ0v) is 31.9. The first-order chi connectivity index (χ1) is 27.7. The number of rotatable bonds is 6. The Balaban J connectivity index is 1.17. The molecule has 2 nitrogen and oxygen atoms in total. The smallest absolute Gasteiger partial charge is 0.0568 e. The van der Waals surface area contributed by atoms with Gasteiger partial charge >= 0.3 is 0 Å². The van der Waals surface area contributed by atoms with E-state index >= 15 is 0 Å². The van der Waals surface area contributed by atoms with Crippen molar-refractivity contribution in [2.45, 2.75) is 19.8 Å². The van der Waals surface area contributed by atoms with Gasteiger partial charge in [-0.25, -0.2) is 0 Å². The van der Waals surface area contributed by atoms with Crippen molar-refractivity contribution in [2.24, 2.45) is 0 Å². The first-order valence-electron chi connectivity index (χ1n) is 19.5. The zero-order valence-electron chi connectivity index (χ0n) is 31.1. The predicted molar refractivity (Wildman–Crippen MR) is 242 cm³/mol. The molecule has 2 heterocycles. The third-order valence-electron chi connectivity index (χ3n) is 11.6. The maximum absolute atomic E-state index is 2.53. The van der Waals surface area contributed by atoms with Crippen LogP contribution in [0.1, 0.15) is 24.0 Å². The maximum atomic E-state index is 2.53. The van der Waals surface area contributed by atoms with Crippen LogP contribution in [0.15, 0.2) is 194 Å². The van der Waals surface area contributed by atoms with Crippen molar-refractivity contribution >= 4 is 81.0 Å². The van der Waals surface area contributed by atoms with Gasteiger partial charge in [0.25, 0.3) is 0 Å². The number of anilines is 2. The minimum atomic E-state index is 0.928. The number of allylic oxidation sites excluding steroid dienone is 4. The number of fused-ring (bicyclic) bond motifs is 8. The Morgan fingerprint density at radius 2 is 1.18 bits per heavy atom. The summed E-state index contributed by atoms with van der Waals surface area (Å²) in [4.78, 5) is 2.53. The van der Waals surface area contributed by atoms with Gasteiger partial charge in [-0.15, -0.1) is 11.3 Å². The average Bonchev–Trinajstić information content (AvgIpc) is 3.80. The number of aromatic nitrogens is 1. The van der Waals surface area contributed by atoms with Gasteiger partial charge in [0.15, 0.2) is 0 Å². The molecule has 0 atom stereocenters. The Hall–Kier alpha value is -6.68. The molecule has 0 radical (unpaired) electrons. The molecule has 1 aliphatic carbocycles. The molecule has 0 saturated heterocycles. The van der Waals surface area contributed by atoms with E-state index < -0.39 is 0 Å². The Morgan fingerprint density at radius 3 is 1.98 bits per heavy atom. The summed E-state index contributed by atoms with van der Waals surface area (Å²) in [6.07, 6.45) is 6.61. The fourth-order valence-corrected chi connectivity index (χ4v) is 10.0. The van der Waals surface area contributed by atoms with E-state index in [-0.39, 0.29) is 0 Å². The van der Waals surface area contributed by atoms with Gasteiger partial charge in [0, 0.05) is 53.4 Å². The second kappa shape index (κ2) is 13.3.